The number of hydrogen-bond donors (Lipinski definition) is 2. The molecule has 0 heterocycles. The number of sulfonamides is 1. The zero-order valence-corrected chi connectivity index (χ0v) is 11.3. The number of halogens is 1. The van der Waals surface area contributed by atoms with Gasteiger partial charge in [-0.05, 0) is 44.0 Å². The first kappa shape index (κ1) is 14.3. The molecule has 0 aliphatic rings. The van der Waals surface area contributed by atoms with Crippen molar-refractivity contribution in [3.05, 3.63) is 28.8 Å². The Morgan fingerprint density at radius 3 is 2.65 bits per heavy atom. The summed E-state index contributed by atoms with van der Waals surface area (Å²) < 4.78 is 25.9. The van der Waals surface area contributed by atoms with Crippen molar-refractivity contribution in [1.29, 1.82) is 0 Å². The molecule has 96 valence electrons. The number of aryl methyl sites for hydroxylation is 1. The Bertz CT molecular complexity index is 474. The average molecular weight is 277 g/mol. The van der Waals surface area contributed by atoms with Gasteiger partial charge in [-0.15, -0.1) is 0 Å². The molecule has 0 unspecified atom stereocenters. The van der Waals surface area contributed by atoms with E-state index >= 15 is 0 Å². The molecule has 0 bridgehead atoms. The predicted octanol–water partition coefficient (Wildman–Crippen LogP) is 2.13. The number of nitrogens with two attached hydrogens (primary N) is 1. The Labute approximate surface area is 107 Å². The molecule has 1 aromatic carbocycles. The van der Waals surface area contributed by atoms with E-state index in [4.69, 9.17) is 17.3 Å². The zero-order valence-electron chi connectivity index (χ0n) is 9.74. The van der Waals surface area contributed by atoms with Gasteiger partial charge in [0, 0.05) is 0 Å². The van der Waals surface area contributed by atoms with Gasteiger partial charge in [-0.1, -0.05) is 17.7 Å². The van der Waals surface area contributed by atoms with E-state index in [0.29, 0.717) is 30.1 Å². The standard InChI is InChI=1S/C11H17ClN2O2S/c1-9-4-5-11(10(12)8-9)14-17(15,16)7-3-2-6-13/h4-5,8,14H,2-3,6-7,13H2,1H3. The van der Waals surface area contributed by atoms with Crippen molar-refractivity contribution in [2.45, 2.75) is 19.8 Å². The second-order valence-electron chi connectivity index (χ2n) is 3.90. The molecular formula is C11H17ClN2O2S. The molecule has 17 heavy (non-hydrogen) atoms. The molecule has 0 aliphatic carbocycles. The van der Waals surface area contributed by atoms with E-state index in [9.17, 15) is 8.42 Å². The van der Waals surface area contributed by atoms with E-state index in [1.807, 2.05) is 13.0 Å². The minimum absolute atomic E-state index is 0.0639. The monoisotopic (exact) mass is 276 g/mol. The first-order chi connectivity index (χ1) is 7.94. The smallest absolute Gasteiger partial charge is 0.232 e. The maximum Gasteiger partial charge on any atom is 0.232 e. The number of benzene rings is 1. The van der Waals surface area contributed by atoms with E-state index in [1.165, 1.54) is 0 Å². The number of hydrogen-bond acceptors (Lipinski definition) is 3. The van der Waals surface area contributed by atoms with Crippen molar-refractivity contribution in [2.75, 3.05) is 17.0 Å². The molecular weight excluding hydrogens is 260 g/mol. The lowest BCUT2D eigenvalue weighted by molar-refractivity contribution is 0.597. The van der Waals surface area contributed by atoms with Crippen molar-refractivity contribution in [2.24, 2.45) is 5.73 Å². The molecule has 3 N–H and O–H groups in total. The van der Waals surface area contributed by atoms with E-state index < -0.39 is 10.0 Å². The van der Waals surface area contributed by atoms with Gasteiger partial charge in [0.05, 0.1) is 16.5 Å². The molecule has 0 aromatic heterocycles. The fraction of sp³-hybridized carbons (Fsp3) is 0.455. The minimum atomic E-state index is -3.33. The third-order valence-electron chi connectivity index (χ3n) is 2.26. The third kappa shape index (κ3) is 4.93. The summed E-state index contributed by atoms with van der Waals surface area (Å²) in [7, 11) is -3.33. The van der Waals surface area contributed by atoms with Gasteiger partial charge < -0.3 is 5.73 Å². The Hall–Kier alpha value is -0.780. The van der Waals surface area contributed by atoms with Crippen molar-refractivity contribution in [3.8, 4) is 0 Å². The van der Waals surface area contributed by atoms with Crippen LogP contribution in [0.2, 0.25) is 5.02 Å². The number of nitrogens with one attached hydrogen (secondary N) is 1. The summed E-state index contributed by atoms with van der Waals surface area (Å²) >= 11 is 5.95. The van der Waals surface area contributed by atoms with Gasteiger partial charge in [-0.25, -0.2) is 8.42 Å². The largest absolute Gasteiger partial charge is 0.330 e. The lowest BCUT2D eigenvalue weighted by atomic mass is 10.2. The van der Waals surface area contributed by atoms with E-state index in [0.717, 1.165) is 5.56 Å². The van der Waals surface area contributed by atoms with E-state index in [2.05, 4.69) is 4.72 Å². The number of unbranched alkanes of at least 4 members (excludes halogenated alkanes) is 1. The topological polar surface area (TPSA) is 72.2 Å². The molecule has 1 rings (SSSR count). The van der Waals surface area contributed by atoms with Gasteiger partial charge in [0.2, 0.25) is 10.0 Å². The second-order valence-corrected chi connectivity index (χ2v) is 6.15. The summed E-state index contributed by atoms with van der Waals surface area (Å²) in [5.74, 6) is 0.0639. The van der Waals surface area contributed by atoms with Crippen molar-refractivity contribution in [3.63, 3.8) is 0 Å². The van der Waals surface area contributed by atoms with Crippen LogP contribution in [0.4, 0.5) is 5.69 Å². The van der Waals surface area contributed by atoms with Crippen molar-refractivity contribution in [1.82, 2.24) is 0 Å². The number of rotatable bonds is 6. The molecule has 0 saturated heterocycles. The SMILES string of the molecule is Cc1ccc(NS(=O)(=O)CCCCN)c(Cl)c1. The molecule has 0 radical (unpaired) electrons. The van der Waals surface area contributed by atoms with Crippen LogP contribution in [-0.4, -0.2) is 20.7 Å². The summed E-state index contributed by atoms with van der Waals surface area (Å²) in [6.07, 6.45) is 1.25. The maximum atomic E-state index is 11.7. The molecule has 0 saturated carbocycles. The zero-order chi connectivity index (χ0) is 12.9. The highest BCUT2D eigenvalue weighted by atomic mass is 35.5. The maximum absolute atomic E-state index is 11.7. The molecule has 0 atom stereocenters. The highest BCUT2D eigenvalue weighted by molar-refractivity contribution is 7.92. The molecule has 4 nitrogen and oxygen atoms in total. The Balaban J connectivity index is 2.69. The Morgan fingerprint density at radius 1 is 1.35 bits per heavy atom. The second kappa shape index (κ2) is 6.23. The first-order valence-corrected chi connectivity index (χ1v) is 7.44. The van der Waals surface area contributed by atoms with Crippen molar-refractivity contribution < 1.29 is 8.42 Å². The fourth-order valence-electron chi connectivity index (χ4n) is 1.36. The van der Waals surface area contributed by atoms with Crippen LogP contribution >= 0.6 is 11.6 Å². The molecule has 0 amide bonds. The summed E-state index contributed by atoms with van der Waals surface area (Å²) in [4.78, 5) is 0. The van der Waals surface area contributed by atoms with Gasteiger partial charge in [-0.3, -0.25) is 4.72 Å². The Morgan fingerprint density at radius 2 is 2.06 bits per heavy atom. The van der Waals surface area contributed by atoms with Crippen LogP contribution in [0.3, 0.4) is 0 Å². The van der Waals surface area contributed by atoms with E-state index in [-0.39, 0.29) is 5.75 Å². The van der Waals surface area contributed by atoms with Crippen LogP contribution in [-0.2, 0) is 10.0 Å². The summed E-state index contributed by atoms with van der Waals surface area (Å²) in [5, 5.41) is 0.410. The van der Waals surface area contributed by atoms with Crippen LogP contribution in [0.25, 0.3) is 0 Å². The summed E-state index contributed by atoms with van der Waals surface area (Å²) in [6, 6.07) is 5.20. The average Bonchev–Trinajstić information content (AvgIpc) is 2.22. The normalized spacial score (nSPS) is 11.5. The highest BCUT2D eigenvalue weighted by Crippen LogP contribution is 2.23. The quantitative estimate of drug-likeness (QED) is 0.782. The van der Waals surface area contributed by atoms with Gasteiger partial charge in [0.1, 0.15) is 0 Å². The molecule has 0 fully saturated rings. The first-order valence-electron chi connectivity index (χ1n) is 5.41. The minimum Gasteiger partial charge on any atom is -0.330 e. The van der Waals surface area contributed by atoms with Gasteiger partial charge in [0.15, 0.2) is 0 Å². The Kier molecular flexibility index (Phi) is 5.24. The number of anilines is 1. The molecule has 0 spiro atoms. The third-order valence-corrected chi connectivity index (χ3v) is 3.93. The van der Waals surface area contributed by atoms with Crippen LogP contribution < -0.4 is 10.5 Å². The summed E-state index contributed by atoms with van der Waals surface area (Å²) in [5.41, 5.74) is 6.72. The van der Waals surface area contributed by atoms with Gasteiger partial charge in [0.25, 0.3) is 0 Å². The predicted molar refractivity (Wildman–Crippen MR) is 71.9 cm³/mol. The molecule has 0 aliphatic heterocycles. The fourth-order valence-corrected chi connectivity index (χ4v) is 2.90. The van der Waals surface area contributed by atoms with E-state index in [1.54, 1.807) is 12.1 Å². The molecule has 1 aromatic rings. The van der Waals surface area contributed by atoms with Crippen LogP contribution in [0.5, 0.6) is 0 Å². The van der Waals surface area contributed by atoms with Crippen LogP contribution in [0, 0.1) is 6.92 Å². The van der Waals surface area contributed by atoms with Crippen LogP contribution in [0.15, 0.2) is 18.2 Å². The van der Waals surface area contributed by atoms with Crippen molar-refractivity contribution >= 4 is 27.3 Å². The lowest BCUT2D eigenvalue weighted by Gasteiger charge is -2.09. The van der Waals surface area contributed by atoms with Gasteiger partial charge in [-0.2, -0.15) is 0 Å². The lowest BCUT2D eigenvalue weighted by Crippen LogP contribution is -2.17. The highest BCUT2D eigenvalue weighted by Gasteiger charge is 2.11. The van der Waals surface area contributed by atoms with Crippen LogP contribution in [0.1, 0.15) is 18.4 Å². The molecule has 6 heteroatoms. The van der Waals surface area contributed by atoms with Gasteiger partial charge >= 0.3 is 0 Å². The summed E-state index contributed by atoms with van der Waals surface area (Å²) in [6.45, 7) is 2.40.